The summed E-state index contributed by atoms with van der Waals surface area (Å²) in [7, 11) is 0. The molecule has 0 nitrogen and oxygen atoms in total. The van der Waals surface area contributed by atoms with Gasteiger partial charge in [0.05, 0.1) is 0 Å². The van der Waals surface area contributed by atoms with Crippen molar-refractivity contribution in [3.05, 3.63) is 103 Å². The third-order valence-corrected chi connectivity index (χ3v) is 24.7. The van der Waals surface area contributed by atoms with Gasteiger partial charge in [-0.1, -0.05) is 0 Å². The van der Waals surface area contributed by atoms with E-state index in [1.165, 1.54) is 60.6 Å². The monoisotopic (exact) mass is 652 g/mol. The molecule has 0 bridgehead atoms. The van der Waals surface area contributed by atoms with E-state index in [0.717, 1.165) is 6.42 Å². The Kier molecular flexibility index (Phi) is 9.30. The minimum absolute atomic E-state index is 0. The van der Waals surface area contributed by atoms with Crippen LogP contribution in [0.5, 0.6) is 0 Å². The van der Waals surface area contributed by atoms with Crippen LogP contribution >= 0.6 is 24.8 Å². The summed E-state index contributed by atoms with van der Waals surface area (Å²) in [6, 6.07) is 18.8. The van der Waals surface area contributed by atoms with Gasteiger partial charge >= 0.3 is 234 Å². The van der Waals surface area contributed by atoms with E-state index >= 15 is 0 Å². The van der Waals surface area contributed by atoms with Crippen LogP contribution in [-0.4, -0.2) is 4.21 Å². The Labute approximate surface area is 256 Å². The van der Waals surface area contributed by atoms with Crippen molar-refractivity contribution in [3.63, 3.8) is 0 Å². The summed E-state index contributed by atoms with van der Waals surface area (Å²) < 4.78 is 13.0. The molecule has 3 heteroatoms. The van der Waals surface area contributed by atoms with E-state index < -0.39 is 18.3 Å². The molecule has 0 N–H and O–H groups in total. The van der Waals surface area contributed by atoms with Crippen LogP contribution < -0.4 is 6.54 Å². The average Bonchev–Trinajstić information content (AvgIpc) is 3.43. The molecule has 0 amide bonds. The minimum atomic E-state index is -4.32. The van der Waals surface area contributed by atoms with Gasteiger partial charge in [0.25, 0.3) is 0 Å². The van der Waals surface area contributed by atoms with Gasteiger partial charge in [0.1, 0.15) is 0 Å². The standard InChI is InChI=1S/C17H17.C12H19.C6H5.CH3.CH2.2ClH.Zr/c1-10-5-14-9-15-6-11(2)13(4)8-17(15)16(14)7-12(10)3;1-5-6-10-7-8-11(9-10)12(2,3)4;1-2-4-6-5-3-1;;;;;/h5,7-8H,9H2,1-4H3;8-10H,5-6H2,1-4H3;1-5H;1H3;1H2;2*1H;. The third-order valence-electron chi connectivity index (χ3n) is 9.90. The first-order valence-corrected chi connectivity index (χ1v) is 22.4. The van der Waals surface area contributed by atoms with Gasteiger partial charge in [0.2, 0.25) is 0 Å². The molecule has 0 saturated heterocycles. The second-order valence-corrected chi connectivity index (χ2v) is 27.7. The molecule has 5 rings (SSSR count). The second kappa shape index (κ2) is 11.3. The van der Waals surface area contributed by atoms with Crippen LogP contribution in [0.4, 0.5) is 0 Å². The fraction of sp³-hybridized carbons (Fsp3) is 0.378. The Bertz CT molecular complexity index is 1580. The Morgan fingerprint density at radius 3 is 2.08 bits per heavy atom. The molecule has 0 spiro atoms. The van der Waals surface area contributed by atoms with E-state index in [2.05, 4.69) is 121 Å². The molecule has 3 aromatic carbocycles. The van der Waals surface area contributed by atoms with E-state index in [1.54, 1.807) is 12.1 Å². The summed E-state index contributed by atoms with van der Waals surface area (Å²) in [6.45, 7) is 18.6. The number of allylic oxidation sites excluding steroid dienone is 4. The van der Waals surface area contributed by atoms with Crippen molar-refractivity contribution in [1.82, 2.24) is 0 Å². The van der Waals surface area contributed by atoms with E-state index in [-0.39, 0.29) is 30.2 Å². The number of hydrogen-bond acceptors (Lipinski definition) is 0. The number of hydrogen-bond donors (Lipinski definition) is 0. The zero-order valence-electron chi connectivity index (χ0n) is 26.0. The third kappa shape index (κ3) is 5.04. The van der Waals surface area contributed by atoms with Gasteiger partial charge in [-0.3, -0.25) is 0 Å². The van der Waals surface area contributed by atoms with Crippen LogP contribution in [0.1, 0.15) is 73.9 Å². The van der Waals surface area contributed by atoms with Crippen LogP contribution in [-0.2, 0) is 24.7 Å². The Hall–Kier alpha value is -1.53. The van der Waals surface area contributed by atoms with Crippen LogP contribution in [0, 0.1) is 39.0 Å². The quantitative estimate of drug-likeness (QED) is 0.201. The fourth-order valence-corrected chi connectivity index (χ4v) is 22.3. The molecule has 0 aromatic heterocycles. The molecule has 214 valence electrons. The Morgan fingerprint density at radius 1 is 0.875 bits per heavy atom. The molecular formula is C37H48Cl2Zr. The van der Waals surface area contributed by atoms with Crippen molar-refractivity contribution in [2.45, 2.75) is 79.3 Å². The van der Waals surface area contributed by atoms with Gasteiger partial charge < -0.3 is 0 Å². The number of benzene rings is 3. The maximum absolute atomic E-state index is 5.56. The first-order valence-electron chi connectivity index (χ1n) is 14.6. The molecule has 2 aliphatic rings. The van der Waals surface area contributed by atoms with Crippen molar-refractivity contribution < 1.29 is 18.3 Å². The van der Waals surface area contributed by atoms with E-state index in [4.69, 9.17) is 4.21 Å². The van der Waals surface area contributed by atoms with Crippen molar-refractivity contribution in [2.24, 2.45) is 11.3 Å². The molecule has 2 aliphatic carbocycles. The predicted molar refractivity (Wildman–Crippen MR) is 181 cm³/mol. The number of rotatable bonds is 5. The molecule has 40 heavy (non-hydrogen) atoms. The van der Waals surface area contributed by atoms with Crippen molar-refractivity contribution in [3.8, 4) is 11.1 Å². The molecule has 0 fully saturated rings. The summed E-state index contributed by atoms with van der Waals surface area (Å²) in [6.07, 6.45) is 8.63. The fourth-order valence-electron chi connectivity index (χ4n) is 7.46. The van der Waals surface area contributed by atoms with Crippen molar-refractivity contribution in [2.75, 3.05) is 0 Å². The summed E-state index contributed by atoms with van der Waals surface area (Å²) in [5.74, 6) is 0.464. The molecular weight excluding hydrogens is 607 g/mol. The van der Waals surface area contributed by atoms with Crippen LogP contribution in [0.15, 0.2) is 69.5 Å². The predicted octanol–water partition coefficient (Wildman–Crippen LogP) is 9.74. The van der Waals surface area contributed by atoms with E-state index in [9.17, 15) is 0 Å². The van der Waals surface area contributed by atoms with Gasteiger partial charge in [-0.15, -0.1) is 24.8 Å². The van der Waals surface area contributed by atoms with Gasteiger partial charge in [-0.05, 0) is 0 Å². The summed E-state index contributed by atoms with van der Waals surface area (Å²) in [5, 5.41) is 0. The van der Waals surface area contributed by atoms with E-state index in [0.29, 0.717) is 5.92 Å². The number of halogens is 2. The summed E-state index contributed by atoms with van der Waals surface area (Å²) >= 11 is -4.32. The summed E-state index contributed by atoms with van der Waals surface area (Å²) in [5.41, 5.74) is 13.2. The van der Waals surface area contributed by atoms with Gasteiger partial charge in [-0.25, -0.2) is 0 Å². The molecule has 0 aliphatic heterocycles. The first kappa shape index (κ1) is 33.0. The molecule has 0 heterocycles. The Morgan fingerprint density at radius 2 is 1.48 bits per heavy atom. The number of fused-ring (bicyclic) bond motifs is 3. The second-order valence-electron chi connectivity index (χ2n) is 13.7. The SMILES string of the molecule is Cl.Cl.[CH2]=[Zr]([CH3])([C]1=CC(C(C)(C)C)=CC1CCC)([c]1ccccc1)[c]1c(C)c(C)cc2c1Cc1cc(C)c(C)cc1-2. The normalized spacial score (nSPS) is 16.4. The first-order chi connectivity index (χ1) is 17.8. The van der Waals surface area contributed by atoms with Gasteiger partial charge in [-0.2, -0.15) is 0 Å². The van der Waals surface area contributed by atoms with Gasteiger partial charge in [0, 0.05) is 0 Å². The zero-order valence-corrected chi connectivity index (χ0v) is 30.1. The molecule has 1 atom stereocenters. The molecule has 0 saturated carbocycles. The summed E-state index contributed by atoms with van der Waals surface area (Å²) in [4.78, 5) is 0. The van der Waals surface area contributed by atoms with Crippen molar-refractivity contribution in [1.29, 1.82) is 0 Å². The van der Waals surface area contributed by atoms with Crippen LogP contribution in [0.25, 0.3) is 11.1 Å². The zero-order chi connectivity index (χ0) is 27.6. The van der Waals surface area contributed by atoms with Crippen LogP contribution in [0.2, 0.25) is 4.63 Å². The maximum atomic E-state index is 5.56. The van der Waals surface area contributed by atoms with Crippen molar-refractivity contribution >= 4 is 35.6 Å². The van der Waals surface area contributed by atoms with Crippen LogP contribution in [0.3, 0.4) is 0 Å². The van der Waals surface area contributed by atoms with Gasteiger partial charge in [0.15, 0.2) is 0 Å². The topological polar surface area (TPSA) is 0 Å². The number of aryl methyl sites for hydroxylation is 3. The molecule has 0 radical (unpaired) electrons. The molecule has 1 unspecified atom stereocenters. The Balaban J connectivity index is 0.00000220. The average molecular weight is 655 g/mol. The molecule has 3 aromatic rings. The van der Waals surface area contributed by atoms with E-state index in [1.807, 2.05) is 0 Å².